The molecule has 98 valence electrons. The van der Waals surface area contributed by atoms with Gasteiger partial charge in [-0.05, 0) is 13.8 Å². The lowest BCUT2D eigenvalue weighted by Crippen LogP contribution is -2.33. The molecule has 2 unspecified atom stereocenters. The predicted molar refractivity (Wildman–Crippen MR) is 41.3 cm³/mol. The van der Waals surface area contributed by atoms with Crippen molar-refractivity contribution in [3.05, 3.63) is 0 Å². The normalized spacial score (nSPS) is 19.2. The molecule has 0 aliphatic carbocycles. The molecule has 0 spiro atoms. The van der Waals surface area contributed by atoms with Gasteiger partial charge in [0.15, 0.2) is 12.2 Å². The topological polar surface area (TPSA) is 35.5 Å². The van der Waals surface area contributed by atoms with Crippen LogP contribution in [0.4, 0.5) is 26.3 Å². The van der Waals surface area contributed by atoms with Crippen molar-refractivity contribution in [1.29, 1.82) is 0 Å². The first-order valence-corrected chi connectivity index (χ1v) is 4.84. The molecule has 0 aliphatic rings. The Morgan fingerprint density at radius 1 is 0.875 bits per heavy atom. The van der Waals surface area contributed by atoms with Gasteiger partial charge in [-0.15, -0.1) is 0 Å². The van der Waals surface area contributed by atoms with Crippen LogP contribution in [0.2, 0.25) is 0 Å². The molecule has 0 fully saturated rings. The molecule has 0 radical (unpaired) electrons. The molecule has 0 rings (SSSR count). The summed E-state index contributed by atoms with van der Waals surface area (Å²) in [5.74, 6) is 0. The number of hydrogen-bond acceptors (Lipinski definition) is 3. The van der Waals surface area contributed by atoms with E-state index in [0.717, 1.165) is 0 Å². The van der Waals surface area contributed by atoms with E-state index in [1.54, 1.807) is 0 Å². The van der Waals surface area contributed by atoms with Crippen LogP contribution in [0.5, 0.6) is 0 Å². The molecule has 2 atom stereocenters. The Kier molecular flexibility index (Phi) is 5.20. The van der Waals surface area contributed by atoms with Gasteiger partial charge < -0.3 is 0 Å². The third kappa shape index (κ3) is 5.66. The minimum absolute atomic E-state index is 0.500. The SMILES string of the molecule is CC(OS(=O)OC(C)C(F)(F)F)C(F)(F)F. The number of halogens is 6. The van der Waals surface area contributed by atoms with Gasteiger partial charge in [-0.2, -0.15) is 30.6 Å². The lowest BCUT2D eigenvalue weighted by atomic mass is 10.4. The summed E-state index contributed by atoms with van der Waals surface area (Å²) in [5, 5.41) is 0. The van der Waals surface area contributed by atoms with E-state index in [2.05, 4.69) is 8.37 Å². The first-order chi connectivity index (χ1) is 6.94. The summed E-state index contributed by atoms with van der Waals surface area (Å²) in [7, 11) is 0. The van der Waals surface area contributed by atoms with Gasteiger partial charge in [-0.25, -0.2) is 0 Å². The molecule has 10 heteroatoms. The van der Waals surface area contributed by atoms with Crippen molar-refractivity contribution in [3.8, 4) is 0 Å². The molecule has 0 aromatic heterocycles. The fourth-order valence-corrected chi connectivity index (χ4v) is 1.10. The highest BCUT2D eigenvalue weighted by atomic mass is 32.2. The van der Waals surface area contributed by atoms with E-state index in [4.69, 9.17) is 0 Å². The number of alkyl halides is 6. The van der Waals surface area contributed by atoms with Gasteiger partial charge in [0.05, 0.1) is 0 Å². The monoisotopic (exact) mass is 274 g/mol. The fraction of sp³-hybridized carbons (Fsp3) is 1.00. The molecule has 0 bridgehead atoms. The van der Waals surface area contributed by atoms with Gasteiger partial charge in [0.2, 0.25) is 0 Å². The van der Waals surface area contributed by atoms with Crippen molar-refractivity contribution >= 4 is 11.4 Å². The van der Waals surface area contributed by atoms with E-state index in [-0.39, 0.29) is 0 Å². The minimum atomic E-state index is -4.82. The Morgan fingerprint density at radius 3 is 1.31 bits per heavy atom. The van der Waals surface area contributed by atoms with Crippen molar-refractivity contribution in [3.63, 3.8) is 0 Å². The molecular weight excluding hydrogens is 266 g/mol. The summed E-state index contributed by atoms with van der Waals surface area (Å²) < 4.78 is 89.1. The molecule has 0 N–H and O–H groups in total. The van der Waals surface area contributed by atoms with Crippen LogP contribution in [0.25, 0.3) is 0 Å². The minimum Gasteiger partial charge on any atom is -0.256 e. The third-order valence-electron chi connectivity index (χ3n) is 1.37. The van der Waals surface area contributed by atoms with E-state index in [1.165, 1.54) is 0 Å². The molecule has 0 amide bonds. The first kappa shape index (κ1) is 15.7. The highest BCUT2D eigenvalue weighted by Crippen LogP contribution is 2.26. The van der Waals surface area contributed by atoms with E-state index in [9.17, 15) is 30.6 Å². The van der Waals surface area contributed by atoms with Crippen molar-refractivity contribution in [2.24, 2.45) is 0 Å². The summed E-state index contributed by atoms with van der Waals surface area (Å²) >= 11 is -3.11. The number of rotatable bonds is 4. The van der Waals surface area contributed by atoms with E-state index in [0.29, 0.717) is 13.8 Å². The lowest BCUT2D eigenvalue weighted by molar-refractivity contribution is -0.199. The highest BCUT2D eigenvalue weighted by molar-refractivity contribution is 7.75. The average molecular weight is 274 g/mol. The lowest BCUT2D eigenvalue weighted by Gasteiger charge is -2.18. The second kappa shape index (κ2) is 5.32. The summed E-state index contributed by atoms with van der Waals surface area (Å²) in [6.07, 6.45) is -14.6. The van der Waals surface area contributed by atoms with Crippen molar-refractivity contribution < 1.29 is 38.9 Å². The van der Waals surface area contributed by atoms with Gasteiger partial charge in [-0.1, -0.05) is 0 Å². The predicted octanol–water partition coefficient (Wildman–Crippen LogP) is 2.50. The van der Waals surface area contributed by atoms with Gasteiger partial charge in [0, 0.05) is 0 Å². The fourth-order valence-electron chi connectivity index (χ4n) is 0.367. The Hall–Kier alpha value is -0.350. The summed E-state index contributed by atoms with van der Waals surface area (Å²) in [4.78, 5) is 0. The molecule has 0 heterocycles. The van der Waals surface area contributed by atoms with Gasteiger partial charge in [0.1, 0.15) is 0 Å². The van der Waals surface area contributed by atoms with Crippen LogP contribution >= 0.6 is 0 Å². The maximum absolute atomic E-state index is 11.8. The van der Waals surface area contributed by atoms with E-state index >= 15 is 0 Å². The molecular formula is C6H8F6O3S. The van der Waals surface area contributed by atoms with Crippen LogP contribution in [-0.2, 0) is 19.7 Å². The Labute approximate surface area is 89.6 Å². The van der Waals surface area contributed by atoms with Crippen LogP contribution in [0, 0.1) is 0 Å². The zero-order valence-corrected chi connectivity index (χ0v) is 8.87. The quantitative estimate of drug-likeness (QED) is 0.739. The average Bonchev–Trinajstić information content (AvgIpc) is 1.99. The molecule has 16 heavy (non-hydrogen) atoms. The zero-order chi connectivity index (χ0) is 13.1. The first-order valence-electron chi connectivity index (χ1n) is 3.84. The Bertz CT molecular complexity index is 226. The largest absolute Gasteiger partial charge is 0.415 e. The standard InChI is InChI=1S/C6H8F6O3S/c1-3(5(7,8)9)14-16(13)15-4(2)6(10,11)12/h3-4H,1-2H3. The molecule has 0 aromatic carbocycles. The summed E-state index contributed by atoms with van der Waals surface area (Å²) in [5.41, 5.74) is 0. The second-order valence-corrected chi connectivity index (χ2v) is 3.56. The van der Waals surface area contributed by atoms with Crippen LogP contribution in [0.15, 0.2) is 0 Å². The zero-order valence-electron chi connectivity index (χ0n) is 8.06. The van der Waals surface area contributed by atoms with Gasteiger partial charge in [-0.3, -0.25) is 8.37 Å². The van der Waals surface area contributed by atoms with Gasteiger partial charge in [0.25, 0.3) is 0 Å². The molecule has 3 nitrogen and oxygen atoms in total. The molecule has 0 aliphatic heterocycles. The van der Waals surface area contributed by atoms with E-state index < -0.39 is 35.9 Å². The van der Waals surface area contributed by atoms with Crippen molar-refractivity contribution in [1.82, 2.24) is 0 Å². The highest BCUT2D eigenvalue weighted by Gasteiger charge is 2.42. The Morgan fingerprint density at radius 2 is 1.12 bits per heavy atom. The summed E-state index contributed by atoms with van der Waals surface area (Å²) in [6.45, 7) is 0.999. The van der Waals surface area contributed by atoms with E-state index in [1.807, 2.05) is 0 Å². The Balaban J connectivity index is 4.21. The van der Waals surface area contributed by atoms with Crippen LogP contribution in [-0.4, -0.2) is 28.8 Å². The molecule has 0 saturated heterocycles. The van der Waals surface area contributed by atoms with Crippen LogP contribution in [0.3, 0.4) is 0 Å². The third-order valence-corrected chi connectivity index (χ3v) is 2.26. The number of hydrogen-bond donors (Lipinski definition) is 0. The summed E-state index contributed by atoms with van der Waals surface area (Å²) in [6, 6.07) is 0. The maximum Gasteiger partial charge on any atom is 0.415 e. The smallest absolute Gasteiger partial charge is 0.256 e. The molecule has 0 saturated carbocycles. The maximum atomic E-state index is 11.8. The van der Waals surface area contributed by atoms with Crippen molar-refractivity contribution in [2.75, 3.05) is 0 Å². The van der Waals surface area contributed by atoms with Crippen LogP contribution < -0.4 is 0 Å². The van der Waals surface area contributed by atoms with Crippen LogP contribution in [0.1, 0.15) is 13.8 Å². The molecule has 0 aromatic rings. The van der Waals surface area contributed by atoms with Crippen molar-refractivity contribution in [2.45, 2.75) is 38.4 Å². The van der Waals surface area contributed by atoms with Gasteiger partial charge >= 0.3 is 23.7 Å². The second-order valence-electron chi connectivity index (χ2n) is 2.76.